The Hall–Kier alpha value is -2.34. The summed E-state index contributed by atoms with van der Waals surface area (Å²) < 4.78 is 9.92. The minimum atomic E-state index is -0.320. The summed E-state index contributed by atoms with van der Waals surface area (Å²) >= 11 is 0. The lowest BCUT2D eigenvalue weighted by Gasteiger charge is -2.06. The molecule has 0 aliphatic rings. The van der Waals surface area contributed by atoms with Gasteiger partial charge in [-0.25, -0.2) is 0 Å². The molecule has 1 amide bonds. The van der Waals surface area contributed by atoms with Gasteiger partial charge in [0.15, 0.2) is 5.69 Å². The van der Waals surface area contributed by atoms with E-state index in [1.54, 1.807) is 24.3 Å². The summed E-state index contributed by atoms with van der Waals surface area (Å²) in [6.45, 7) is 0.926. The van der Waals surface area contributed by atoms with Crippen LogP contribution in [0.2, 0.25) is 0 Å². The first-order valence-electron chi connectivity index (χ1n) is 5.44. The van der Waals surface area contributed by atoms with Crippen LogP contribution < -0.4 is 15.8 Å². The lowest BCUT2D eigenvalue weighted by Crippen LogP contribution is -2.12. The normalized spacial score (nSPS) is 10.1. The van der Waals surface area contributed by atoms with Crippen molar-refractivity contribution in [3.05, 3.63) is 42.3 Å². The average Bonchev–Trinajstić information content (AvgIpc) is 2.92. The SMILES string of the molecule is NCCOc1ccc(NC(=O)c2ccon2)cc1. The largest absolute Gasteiger partial charge is 0.492 e. The maximum atomic E-state index is 11.7. The van der Waals surface area contributed by atoms with Crippen LogP contribution in [0.5, 0.6) is 5.75 Å². The van der Waals surface area contributed by atoms with Crippen molar-refractivity contribution in [2.24, 2.45) is 5.73 Å². The van der Waals surface area contributed by atoms with E-state index in [4.69, 9.17) is 10.5 Å². The van der Waals surface area contributed by atoms with Crippen LogP contribution in [0.25, 0.3) is 0 Å². The van der Waals surface area contributed by atoms with Gasteiger partial charge in [0, 0.05) is 18.3 Å². The van der Waals surface area contributed by atoms with Crippen LogP contribution in [0.1, 0.15) is 10.5 Å². The van der Waals surface area contributed by atoms with Gasteiger partial charge in [-0.05, 0) is 24.3 Å². The Morgan fingerprint density at radius 2 is 2.11 bits per heavy atom. The second kappa shape index (κ2) is 5.83. The van der Waals surface area contributed by atoms with Gasteiger partial charge in [-0.3, -0.25) is 4.79 Å². The molecule has 6 nitrogen and oxygen atoms in total. The first kappa shape index (κ1) is 12.1. The second-order valence-electron chi connectivity index (χ2n) is 3.50. The molecule has 0 bridgehead atoms. The maximum Gasteiger partial charge on any atom is 0.277 e. The predicted octanol–water partition coefficient (Wildman–Crippen LogP) is 1.26. The summed E-state index contributed by atoms with van der Waals surface area (Å²) in [5, 5.41) is 6.23. The zero-order valence-electron chi connectivity index (χ0n) is 9.63. The number of amides is 1. The van der Waals surface area contributed by atoms with Crippen LogP contribution in [0.4, 0.5) is 5.69 Å². The van der Waals surface area contributed by atoms with Gasteiger partial charge < -0.3 is 20.3 Å². The van der Waals surface area contributed by atoms with Crippen molar-refractivity contribution < 1.29 is 14.1 Å². The van der Waals surface area contributed by atoms with Gasteiger partial charge in [-0.15, -0.1) is 0 Å². The van der Waals surface area contributed by atoms with Gasteiger partial charge in [0.2, 0.25) is 0 Å². The molecule has 0 fully saturated rings. The van der Waals surface area contributed by atoms with Crippen molar-refractivity contribution in [3.8, 4) is 5.75 Å². The number of nitrogens with two attached hydrogens (primary N) is 1. The molecule has 0 spiro atoms. The Kier molecular flexibility index (Phi) is 3.93. The Bertz CT molecular complexity index is 494. The lowest BCUT2D eigenvalue weighted by atomic mass is 10.3. The zero-order valence-corrected chi connectivity index (χ0v) is 9.63. The minimum absolute atomic E-state index is 0.235. The topological polar surface area (TPSA) is 90.4 Å². The smallest absolute Gasteiger partial charge is 0.277 e. The summed E-state index contributed by atoms with van der Waals surface area (Å²) in [4.78, 5) is 11.7. The molecule has 0 aliphatic heterocycles. The summed E-state index contributed by atoms with van der Waals surface area (Å²) in [7, 11) is 0. The second-order valence-corrected chi connectivity index (χ2v) is 3.50. The highest BCUT2D eigenvalue weighted by atomic mass is 16.5. The number of anilines is 1. The molecule has 1 heterocycles. The number of carbonyl (C=O) groups is 1. The third-order valence-corrected chi connectivity index (χ3v) is 2.17. The zero-order chi connectivity index (χ0) is 12.8. The van der Waals surface area contributed by atoms with Gasteiger partial charge in [-0.2, -0.15) is 0 Å². The molecule has 0 radical (unpaired) electrons. The van der Waals surface area contributed by atoms with Gasteiger partial charge >= 0.3 is 0 Å². The Morgan fingerprint density at radius 1 is 1.33 bits per heavy atom. The van der Waals surface area contributed by atoms with Crippen LogP contribution in [0.15, 0.2) is 41.1 Å². The molecule has 0 unspecified atom stereocenters. The van der Waals surface area contributed by atoms with Crippen LogP contribution in [0.3, 0.4) is 0 Å². The number of aromatic nitrogens is 1. The quantitative estimate of drug-likeness (QED) is 0.830. The summed E-state index contributed by atoms with van der Waals surface area (Å²) in [5.74, 6) is 0.388. The molecule has 6 heteroatoms. The molecule has 0 saturated heterocycles. The van der Waals surface area contributed by atoms with E-state index in [-0.39, 0.29) is 11.6 Å². The van der Waals surface area contributed by atoms with E-state index in [1.807, 2.05) is 0 Å². The fraction of sp³-hybridized carbons (Fsp3) is 0.167. The van der Waals surface area contributed by atoms with E-state index in [0.29, 0.717) is 24.6 Å². The first-order chi connectivity index (χ1) is 8.79. The molecule has 1 aromatic carbocycles. The van der Waals surface area contributed by atoms with E-state index < -0.39 is 0 Å². The molecule has 0 saturated carbocycles. The highest BCUT2D eigenvalue weighted by molar-refractivity contribution is 6.02. The molecule has 18 heavy (non-hydrogen) atoms. The minimum Gasteiger partial charge on any atom is -0.492 e. The predicted molar refractivity (Wildman–Crippen MR) is 65.4 cm³/mol. The molecule has 1 aromatic heterocycles. The van der Waals surface area contributed by atoms with Gasteiger partial charge in [-0.1, -0.05) is 5.16 Å². The number of nitrogens with one attached hydrogen (secondary N) is 1. The molecule has 0 atom stereocenters. The first-order valence-corrected chi connectivity index (χ1v) is 5.44. The highest BCUT2D eigenvalue weighted by Gasteiger charge is 2.08. The number of hydrogen-bond donors (Lipinski definition) is 2. The van der Waals surface area contributed by atoms with Crippen molar-refractivity contribution >= 4 is 11.6 Å². The molecule has 0 aliphatic carbocycles. The Labute approximate surface area is 104 Å². The van der Waals surface area contributed by atoms with Gasteiger partial charge in [0.05, 0.1) is 0 Å². The van der Waals surface area contributed by atoms with Gasteiger partial charge in [0.25, 0.3) is 5.91 Å². The standard InChI is InChI=1S/C12H13N3O3/c13-6-8-17-10-3-1-9(2-4-10)14-12(16)11-5-7-18-15-11/h1-5,7H,6,8,13H2,(H,14,16). The molecule has 2 rings (SSSR count). The van der Waals surface area contributed by atoms with Crippen LogP contribution in [0, 0.1) is 0 Å². The van der Waals surface area contributed by atoms with E-state index in [1.165, 1.54) is 12.3 Å². The number of carbonyl (C=O) groups excluding carboxylic acids is 1. The van der Waals surface area contributed by atoms with Crippen molar-refractivity contribution in [1.29, 1.82) is 0 Å². The Morgan fingerprint density at radius 3 is 2.72 bits per heavy atom. The van der Waals surface area contributed by atoms with Crippen molar-refractivity contribution in [2.75, 3.05) is 18.5 Å². The fourth-order valence-corrected chi connectivity index (χ4v) is 1.34. The van der Waals surface area contributed by atoms with Crippen molar-refractivity contribution in [3.63, 3.8) is 0 Å². The average molecular weight is 247 g/mol. The highest BCUT2D eigenvalue weighted by Crippen LogP contribution is 2.16. The van der Waals surface area contributed by atoms with E-state index in [2.05, 4.69) is 15.0 Å². The maximum absolute atomic E-state index is 11.7. The van der Waals surface area contributed by atoms with Crippen LogP contribution >= 0.6 is 0 Å². The Balaban J connectivity index is 1.96. The molecular weight excluding hydrogens is 234 g/mol. The molecule has 2 aromatic rings. The lowest BCUT2D eigenvalue weighted by molar-refractivity contribution is 0.101. The number of nitrogens with zero attached hydrogens (tertiary/aromatic N) is 1. The molecular formula is C12H13N3O3. The van der Waals surface area contributed by atoms with Crippen molar-refractivity contribution in [1.82, 2.24) is 5.16 Å². The number of hydrogen-bond acceptors (Lipinski definition) is 5. The van der Waals surface area contributed by atoms with E-state index in [9.17, 15) is 4.79 Å². The third-order valence-electron chi connectivity index (χ3n) is 2.17. The van der Waals surface area contributed by atoms with Crippen LogP contribution in [-0.2, 0) is 0 Å². The third kappa shape index (κ3) is 3.08. The van der Waals surface area contributed by atoms with Gasteiger partial charge in [0.1, 0.15) is 18.6 Å². The number of ether oxygens (including phenoxy) is 1. The van der Waals surface area contributed by atoms with Crippen LogP contribution in [-0.4, -0.2) is 24.2 Å². The number of rotatable bonds is 5. The molecule has 3 N–H and O–H groups in total. The summed E-state index contributed by atoms with van der Waals surface area (Å²) in [5.41, 5.74) is 6.22. The monoisotopic (exact) mass is 247 g/mol. The van der Waals surface area contributed by atoms with Crippen molar-refractivity contribution in [2.45, 2.75) is 0 Å². The summed E-state index contributed by atoms with van der Waals surface area (Å²) in [6.07, 6.45) is 1.35. The molecule has 94 valence electrons. The fourth-order valence-electron chi connectivity index (χ4n) is 1.34. The number of benzene rings is 1. The van der Waals surface area contributed by atoms with E-state index in [0.717, 1.165) is 0 Å². The summed E-state index contributed by atoms with van der Waals surface area (Å²) in [6, 6.07) is 8.49. The van der Waals surface area contributed by atoms with E-state index >= 15 is 0 Å².